The zero-order valence-corrected chi connectivity index (χ0v) is 20.5. The number of hydrogen-bond donors (Lipinski definition) is 0. The zero-order valence-electron chi connectivity index (χ0n) is 19.8. The molecule has 184 valence electrons. The minimum atomic E-state index is -1.72. The molecule has 0 bridgehead atoms. The van der Waals surface area contributed by atoms with E-state index in [1.54, 1.807) is 33.2 Å². The van der Waals surface area contributed by atoms with Gasteiger partial charge in [0.05, 0.1) is 18.1 Å². The van der Waals surface area contributed by atoms with Crippen LogP contribution in [0.2, 0.25) is 5.02 Å². The highest BCUT2D eigenvalue weighted by Crippen LogP contribution is 2.30. The van der Waals surface area contributed by atoms with Gasteiger partial charge in [-0.15, -0.1) is 0 Å². The highest BCUT2D eigenvalue weighted by atomic mass is 35.5. The Morgan fingerprint density at radius 2 is 1.82 bits per heavy atom. The number of aryl methyl sites for hydroxylation is 1. The topological polar surface area (TPSA) is 75.6 Å². The molecule has 10 heteroatoms. The number of halogens is 3. The molecular weight excluding hydrogens is 466 g/mol. The fourth-order valence-electron chi connectivity index (χ4n) is 3.61. The molecule has 3 rings (SSSR count). The summed E-state index contributed by atoms with van der Waals surface area (Å²) in [6.07, 6.45) is 2.66. The van der Waals surface area contributed by atoms with E-state index in [1.165, 1.54) is 21.9 Å². The van der Waals surface area contributed by atoms with Gasteiger partial charge in [0.1, 0.15) is 22.9 Å². The number of nitrogens with zero attached hydrogens (tertiary/aromatic N) is 4. The van der Waals surface area contributed by atoms with Gasteiger partial charge in [-0.3, -0.25) is 9.69 Å². The van der Waals surface area contributed by atoms with E-state index in [4.69, 9.17) is 16.3 Å². The first-order chi connectivity index (χ1) is 15.8. The van der Waals surface area contributed by atoms with Gasteiger partial charge < -0.3 is 9.64 Å². The van der Waals surface area contributed by atoms with Gasteiger partial charge in [0.25, 0.3) is 5.91 Å². The minimum absolute atomic E-state index is 0.00239. The largest absolute Gasteiger partial charge is 0.444 e. The van der Waals surface area contributed by atoms with Crippen LogP contribution in [0.4, 0.5) is 13.6 Å². The number of hydrogen-bond acceptors (Lipinski definition) is 5. The number of carbonyl (C=O) groups excluding carboxylic acids is 2. The van der Waals surface area contributed by atoms with Crippen molar-refractivity contribution in [1.82, 2.24) is 19.8 Å². The van der Waals surface area contributed by atoms with Crippen molar-refractivity contribution in [2.75, 3.05) is 19.6 Å². The molecule has 1 fully saturated rings. The summed E-state index contributed by atoms with van der Waals surface area (Å²) in [5, 5.41) is -0.144. The normalized spacial score (nSPS) is 15.7. The molecule has 0 unspecified atom stereocenters. The summed E-state index contributed by atoms with van der Waals surface area (Å²) in [6.45, 7) is 7.14. The van der Waals surface area contributed by atoms with Crippen molar-refractivity contribution < 1.29 is 23.1 Å². The molecule has 7 nitrogen and oxygen atoms in total. The van der Waals surface area contributed by atoms with Crippen molar-refractivity contribution >= 4 is 23.6 Å². The van der Waals surface area contributed by atoms with Crippen molar-refractivity contribution in [1.29, 1.82) is 0 Å². The fraction of sp³-hybridized carbons (Fsp3) is 0.500. The number of likely N-dealkylation sites (tertiary alicyclic amines) is 1. The molecule has 1 aromatic carbocycles. The van der Waals surface area contributed by atoms with Crippen LogP contribution in [0.1, 0.15) is 55.4 Å². The smallest absolute Gasteiger partial charge is 0.410 e. The molecule has 2 amide bonds. The average Bonchev–Trinajstić information content (AvgIpc) is 2.75. The molecule has 1 aliphatic heterocycles. The molecule has 2 aromatic rings. The Hall–Kier alpha value is -2.81. The van der Waals surface area contributed by atoms with E-state index in [2.05, 4.69) is 9.97 Å². The Morgan fingerprint density at radius 3 is 2.38 bits per heavy atom. The van der Waals surface area contributed by atoms with Crippen molar-refractivity contribution in [3.63, 3.8) is 0 Å². The van der Waals surface area contributed by atoms with E-state index in [9.17, 15) is 14.0 Å². The zero-order chi connectivity index (χ0) is 25.1. The lowest BCUT2D eigenvalue weighted by Gasteiger charge is -2.39. The van der Waals surface area contributed by atoms with E-state index in [0.29, 0.717) is 5.82 Å². The predicted molar refractivity (Wildman–Crippen MR) is 124 cm³/mol. The van der Waals surface area contributed by atoms with Gasteiger partial charge in [-0.05, 0) is 51.5 Å². The number of rotatable bonds is 5. The molecule has 1 aromatic heterocycles. The SMILES string of the molecule is Cc1cnc(CN(CC2(F)CCN(C(=O)c3ccc(F)c(Cl)c3)CC2)C(=O)OC(C)(C)C)nc1. The van der Waals surface area contributed by atoms with Gasteiger partial charge in [-0.25, -0.2) is 23.5 Å². The van der Waals surface area contributed by atoms with Crippen LogP contribution in [0.3, 0.4) is 0 Å². The number of benzene rings is 1. The summed E-state index contributed by atoms with van der Waals surface area (Å²) >= 11 is 5.78. The molecule has 0 N–H and O–H groups in total. The van der Waals surface area contributed by atoms with E-state index in [0.717, 1.165) is 11.6 Å². The lowest BCUT2D eigenvalue weighted by atomic mass is 9.92. The van der Waals surface area contributed by atoms with Gasteiger partial charge in [0.2, 0.25) is 0 Å². The third-order valence-corrected chi connectivity index (χ3v) is 5.70. The number of amides is 2. The Balaban J connectivity index is 1.69. The quantitative estimate of drug-likeness (QED) is 0.587. The molecule has 0 radical (unpaired) electrons. The number of ether oxygens (including phenoxy) is 1. The van der Waals surface area contributed by atoms with Gasteiger partial charge >= 0.3 is 6.09 Å². The summed E-state index contributed by atoms with van der Waals surface area (Å²) in [7, 11) is 0. The van der Waals surface area contributed by atoms with Gasteiger partial charge in [-0.1, -0.05) is 11.6 Å². The van der Waals surface area contributed by atoms with Gasteiger partial charge in [0, 0.05) is 43.9 Å². The highest BCUT2D eigenvalue weighted by Gasteiger charge is 2.40. The first-order valence-corrected chi connectivity index (χ1v) is 11.4. The molecule has 1 saturated heterocycles. The van der Waals surface area contributed by atoms with Gasteiger partial charge in [-0.2, -0.15) is 0 Å². The summed E-state index contributed by atoms with van der Waals surface area (Å²) in [4.78, 5) is 36.8. The monoisotopic (exact) mass is 494 g/mol. The minimum Gasteiger partial charge on any atom is -0.444 e. The highest BCUT2D eigenvalue weighted by molar-refractivity contribution is 6.31. The molecule has 1 aliphatic rings. The first-order valence-electron chi connectivity index (χ1n) is 11.0. The Bertz CT molecular complexity index is 1040. The predicted octanol–water partition coefficient (Wildman–Crippen LogP) is 4.96. The first kappa shape index (κ1) is 25.8. The second-order valence-corrected chi connectivity index (χ2v) is 9.99. The van der Waals surface area contributed by atoms with Crippen LogP contribution in [0.15, 0.2) is 30.6 Å². The lowest BCUT2D eigenvalue weighted by Crippen LogP contribution is -2.51. The van der Waals surface area contributed by atoms with Crippen LogP contribution in [0.5, 0.6) is 0 Å². The van der Waals surface area contributed by atoms with Crippen LogP contribution >= 0.6 is 11.6 Å². The third kappa shape index (κ3) is 6.85. The summed E-state index contributed by atoms with van der Waals surface area (Å²) < 4.78 is 34.7. The fourth-order valence-corrected chi connectivity index (χ4v) is 3.79. The molecular formula is C24H29ClF2N4O3. The van der Waals surface area contributed by atoms with Crippen molar-refractivity contribution in [2.45, 2.75) is 58.4 Å². The van der Waals surface area contributed by atoms with Gasteiger partial charge in [0.15, 0.2) is 0 Å². The number of alkyl halides is 1. The lowest BCUT2D eigenvalue weighted by molar-refractivity contribution is -0.00766. The maximum Gasteiger partial charge on any atom is 0.410 e. The number of aromatic nitrogens is 2. The van der Waals surface area contributed by atoms with Crippen LogP contribution in [-0.2, 0) is 11.3 Å². The van der Waals surface area contributed by atoms with E-state index >= 15 is 4.39 Å². The van der Waals surface area contributed by atoms with Crippen molar-refractivity contribution in [3.05, 3.63) is 58.4 Å². The Morgan fingerprint density at radius 1 is 1.21 bits per heavy atom. The Kier molecular flexibility index (Phi) is 7.75. The summed E-state index contributed by atoms with van der Waals surface area (Å²) in [5.41, 5.74) is -1.36. The van der Waals surface area contributed by atoms with E-state index < -0.39 is 23.2 Å². The maximum atomic E-state index is 15.8. The standard InChI is InChI=1S/C24H29ClF2N4O3/c1-16-12-28-20(29-13-16)14-31(22(33)34-23(2,3)4)15-24(27)7-9-30(10-8-24)21(32)17-5-6-19(26)18(25)11-17/h5-6,11-13H,7-10,14-15H2,1-4H3. The molecule has 0 saturated carbocycles. The molecule has 0 atom stereocenters. The number of carbonyl (C=O) groups is 2. The molecule has 0 aliphatic carbocycles. The van der Waals surface area contributed by atoms with E-state index in [-0.39, 0.29) is 55.5 Å². The molecule has 0 spiro atoms. The second-order valence-electron chi connectivity index (χ2n) is 9.59. The van der Waals surface area contributed by atoms with Crippen LogP contribution in [0, 0.1) is 12.7 Å². The molecule has 2 heterocycles. The van der Waals surface area contributed by atoms with Crippen LogP contribution in [0.25, 0.3) is 0 Å². The van der Waals surface area contributed by atoms with E-state index in [1.807, 2.05) is 6.92 Å². The van der Waals surface area contributed by atoms with Crippen molar-refractivity contribution in [3.8, 4) is 0 Å². The third-order valence-electron chi connectivity index (χ3n) is 5.41. The summed E-state index contributed by atoms with van der Waals surface area (Å²) in [6, 6.07) is 3.75. The second kappa shape index (κ2) is 10.2. The van der Waals surface area contributed by atoms with Crippen LogP contribution < -0.4 is 0 Å². The Labute approximate surface area is 203 Å². The maximum absolute atomic E-state index is 15.8. The number of piperidine rings is 1. The van der Waals surface area contributed by atoms with Crippen molar-refractivity contribution in [2.24, 2.45) is 0 Å². The molecule has 34 heavy (non-hydrogen) atoms. The van der Waals surface area contributed by atoms with Crippen LogP contribution in [-0.4, -0.2) is 62.7 Å². The summed E-state index contributed by atoms with van der Waals surface area (Å²) in [5.74, 6) is -0.582. The average molecular weight is 495 g/mol.